The summed E-state index contributed by atoms with van der Waals surface area (Å²) < 4.78 is 68.2. The number of aromatic nitrogens is 2. The maximum absolute atomic E-state index is 14.0. The summed E-state index contributed by atoms with van der Waals surface area (Å²) >= 11 is 0. The third-order valence-corrected chi connectivity index (χ3v) is 6.13. The van der Waals surface area contributed by atoms with E-state index in [-0.39, 0.29) is 25.2 Å². The molecule has 1 heterocycles. The number of carbonyl (C=O) groups excluding carboxylic acids is 1. The predicted molar refractivity (Wildman–Crippen MR) is 111 cm³/mol. The Morgan fingerprint density at radius 3 is 2.44 bits per heavy atom. The lowest BCUT2D eigenvalue weighted by Gasteiger charge is -2.19. The minimum absolute atomic E-state index is 0.00597. The summed E-state index contributed by atoms with van der Waals surface area (Å²) in [7, 11) is -4.34. The molecule has 0 spiro atoms. The van der Waals surface area contributed by atoms with E-state index in [1.165, 1.54) is 18.3 Å². The Morgan fingerprint density at radius 1 is 1.06 bits per heavy atom. The summed E-state index contributed by atoms with van der Waals surface area (Å²) in [5.74, 6) is -1.55. The quantitative estimate of drug-likeness (QED) is 0.481. The summed E-state index contributed by atoms with van der Waals surface area (Å²) in [5.41, 5.74) is 0.678. The molecular formula is C21H21F3N4O3S. The van der Waals surface area contributed by atoms with E-state index in [1.54, 1.807) is 30.3 Å². The maximum Gasteiger partial charge on any atom is 0.319 e. The zero-order valence-electron chi connectivity index (χ0n) is 16.8. The van der Waals surface area contributed by atoms with Gasteiger partial charge in [-0.3, -0.25) is 9.36 Å². The molecule has 1 unspecified atom stereocenters. The van der Waals surface area contributed by atoms with Gasteiger partial charge in [0.25, 0.3) is 0 Å². The smallest absolute Gasteiger partial charge is 0.319 e. The topological polar surface area (TPSA) is 93.1 Å². The van der Waals surface area contributed by atoms with Crippen molar-refractivity contribution in [3.63, 3.8) is 0 Å². The monoisotopic (exact) mass is 466 g/mol. The molecule has 1 atom stereocenters. The van der Waals surface area contributed by atoms with Crippen LogP contribution in [-0.4, -0.2) is 36.5 Å². The Morgan fingerprint density at radius 2 is 1.75 bits per heavy atom. The van der Waals surface area contributed by atoms with Crippen molar-refractivity contribution in [1.82, 2.24) is 19.6 Å². The number of carbonyl (C=O) groups is 1. The van der Waals surface area contributed by atoms with Crippen LogP contribution in [0.5, 0.6) is 0 Å². The Balaban J connectivity index is 1.74. The van der Waals surface area contributed by atoms with Crippen LogP contribution in [0.2, 0.25) is 0 Å². The van der Waals surface area contributed by atoms with Crippen LogP contribution >= 0.6 is 0 Å². The van der Waals surface area contributed by atoms with Gasteiger partial charge in [-0.25, -0.2) is 17.8 Å². The zero-order chi connectivity index (χ0) is 23.1. The van der Waals surface area contributed by atoms with Gasteiger partial charge >= 0.3 is 6.55 Å². The SMILES string of the molecule is O=C(NCCc1nccn1C(F)F)C(Cc1ccccc1)NS(=O)(=O)c1ccccc1F. The van der Waals surface area contributed by atoms with E-state index >= 15 is 0 Å². The molecule has 3 aromatic rings. The van der Waals surface area contributed by atoms with Gasteiger partial charge in [-0.1, -0.05) is 42.5 Å². The molecule has 0 aliphatic rings. The average Bonchev–Trinajstić information content (AvgIpc) is 3.23. The fourth-order valence-electron chi connectivity index (χ4n) is 3.09. The lowest BCUT2D eigenvalue weighted by atomic mass is 10.1. The lowest BCUT2D eigenvalue weighted by molar-refractivity contribution is -0.122. The van der Waals surface area contributed by atoms with Crippen LogP contribution in [0, 0.1) is 5.82 Å². The first-order valence-corrected chi connectivity index (χ1v) is 11.1. The van der Waals surface area contributed by atoms with Gasteiger partial charge in [0.2, 0.25) is 15.9 Å². The summed E-state index contributed by atoms with van der Waals surface area (Å²) in [6, 6.07) is 12.3. The lowest BCUT2D eigenvalue weighted by Crippen LogP contribution is -2.48. The first-order chi connectivity index (χ1) is 15.3. The van der Waals surface area contributed by atoms with E-state index in [9.17, 15) is 26.4 Å². The van der Waals surface area contributed by atoms with Crippen molar-refractivity contribution >= 4 is 15.9 Å². The van der Waals surface area contributed by atoms with Crippen molar-refractivity contribution in [2.45, 2.75) is 30.3 Å². The van der Waals surface area contributed by atoms with E-state index < -0.39 is 39.2 Å². The number of benzene rings is 2. The van der Waals surface area contributed by atoms with Gasteiger partial charge in [0.15, 0.2) is 0 Å². The van der Waals surface area contributed by atoms with Crippen molar-refractivity contribution in [3.05, 3.63) is 84.2 Å². The highest BCUT2D eigenvalue weighted by Crippen LogP contribution is 2.15. The number of sulfonamides is 1. The fourth-order valence-corrected chi connectivity index (χ4v) is 4.36. The highest BCUT2D eigenvalue weighted by molar-refractivity contribution is 7.89. The summed E-state index contributed by atoms with van der Waals surface area (Å²) in [6.45, 7) is -2.81. The van der Waals surface area contributed by atoms with E-state index in [0.29, 0.717) is 10.1 Å². The number of alkyl halides is 2. The first kappa shape index (κ1) is 23.5. The van der Waals surface area contributed by atoms with Crippen LogP contribution in [-0.2, 0) is 27.7 Å². The van der Waals surface area contributed by atoms with Crippen molar-refractivity contribution in [1.29, 1.82) is 0 Å². The van der Waals surface area contributed by atoms with Crippen molar-refractivity contribution < 1.29 is 26.4 Å². The summed E-state index contributed by atoms with van der Waals surface area (Å²) in [4.78, 5) is 16.0. The van der Waals surface area contributed by atoms with Crippen LogP contribution in [0.1, 0.15) is 17.9 Å². The highest BCUT2D eigenvalue weighted by Gasteiger charge is 2.27. The van der Waals surface area contributed by atoms with Crippen LogP contribution in [0.25, 0.3) is 0 Å². The Hall–Kier alpha value is -3.18. The Labute approximate surface area is 183 Å². The van der Waals surface area contributed by atoms with Crippen LogP contribution < -0.4 is 10.0 Å². The van der Waals surface area contributed by atoms with Crippen LogP contribution in [0.3, 0.4) is 0 Å². The molecule has 0 aliphatic carbocycles. The van der Waals surface area contributed by atoms with Crippen LogP contribution in [0.4, 0.5) is 13.2 Å². The second kappa shape index (κ2) is 10.4. The molecule has 3 rings (SSSR count). The molecule has 7 nitrogen and oxygen atoms in total. The molecule has 2 aromatic carbocycles. The van der Waals surface area contributed by atoms with Crippen molar-refractivity contribution in [3.8, 4) is 0 Å². The molecule has 11 heteroatoms. The average molecular weight is 466 g/mol. The zero-order valence-corrected chi connectivity index (χ0v) is 17.6. The van der Waals surface area contributed by atoms with Gasteiger partial charge in [0.05, 0.1) is 0 Å². The highest BCUT2D eigenvalue weighted by atomic mass is 32.2. The number of imidazole rings is 1. The van der Waals surface area contributed by atoms with E-state index in [4.69, 9.17) is 0 Å². The number of halogens is 3. The standard InChI is InChI=1S/C21H21F3N4O3S/c22-16-8-4-5-9-18(16)32(30,31)27-17(14-15-6-2-1-3-7-15)20(29)26-11-10-19-25-12-13-28(19)21(23)24/h1-9,12-13,17,21,27H,10-11,14H2,(H,26,29). The number of nitrogens with zero attached hydrogens (tertiary/aromatic N) is 2. The molecule has 0 saturated carbocycles. The molecule has 2 N–H and O–H groups in total. The molecule has 0 aliphatic heterocycles. The van der Waals surface area contributed by atoms with E-state index in [0.717, 1.165) is 18.3 Å². The minimum atomic E-state index is -4.34. The maximum atomic E-state index is 14.0. The third-order valence-electron chi connectivity index (χ3n) is 4.63. The van der Waals surface area contributed by atoms with Gasteiger partial charge in [-0.05, 0) is 24.1 Å². The summed E-state index contributed by atoms with van der Waals surface area (Å²) in [5, 5.41) is 2.54. The molecule has 0 saturated heterocycles. The molecule has 32 heavy (non-hydrogen) atoms. The predicted octanol–water partition coefficient (Wildman–Crippen LogP) is 2.67. The van der Waals surface area contributed by atoms with Crippen molar-refractivity contribution in [2.75, 3.05) is 6.54 Å². The molecule has 170 valence electrons. The first-order valence-electron chi connectivity index (χ1n) is 9.66. The largest absolute Gasteiger partial charge is 0.354 e. The molecule has 1 aromatic heterocycles. The van der Waals surface area contributed by atoms with Gasteiger partial charge < -0.3 is 5.32 Å². The number of hydrogen-bond donors (Lipinski definition) is 2. The molecule has 0 fully saturated rings. The van der Waals surface area contributed by atoms with E-state index in [2.05, 4.69) is 15.0 Å². The fraction of sp³-hybridized carbons (Fsp3) is 0.238. The third kappa shape index (κ3) is 5.95. The second-order valence-corrected chi connectivity index (χ2v) is 8.55. The number of hydrogen-bond acceptors (Lipinski definition) is 4. The van der Waals surface area contributed by atoms with Crippen LogP contribution in [0.15, 0.2) is 71.9 Å². The molecule has 1 amide bonds. The Kier molecular flexibility index (Phi) is 7.65. The van der Waals surface area contributed by atoms with Crippen molar-refractivity contribution in [2.24, 2.45) is 0 Å². The van der Waals surface area contributed by atoms with Gasteiger partial charge in [-0.2, -0.15) is 13.5 Å². The van der Waals surface area contributed by atoms with Gasteiger partial charge in [0, 0.05) is 25.4 Å². The summed E-state index contributed by atoms with van der Waals surface area (Å²) in [6.07, 6.45) is 2.37. The minimum Gasteiger partial charge on any atom is -0.354 e. The van der Waals surface area contributed by atoms with E-state index in [1.807, 2.05) is 0 Å². The van der Waals surface area contributed by atoms with Gasteiger partial charge in [0.1, 0.15) is 22.6 Å². The molecule has 0 radical (unpaired) electrons. The Bertz CT molecular complexity index is 1150. The normalized spacial score (nSPS) is 12.6. The second-order valence-electron chi connectivity index (χ2n) is 6.86. The number of rotatable bonds is 10. The molecular weight excluding hydrogens is 445 g/mol. The number of nitrogens with one attached hydrogen (secondary N) is 2. The molecule has 0 bridgehead atoms. The van der Waals surface area contributed by atoms with Gasteiger partial charge in [-0.15, -0.1) is 0 Å². The number of amides is 1.